The predicted octanol–water partition coefficient (Wildman–Crippen LogP) is 1.86. The van der Waals surface area contributed by atoms with Crippen molar-refractivity contribution < 1.29 is 9.53 Å². The van der Waals surface area contributed by atoms with Crippen molar-refractivity contribution in [3.63, 3.8) is 0 Å². The fourth-order valence-corrected chi connectivity index (χ4v) is 1.55. The summed E-state index contributed by atoms with van der Waals surface area (Å²) in [4.78, 5) is 15.4. The Labute approximate surface area is 104 Å². The van der Waals surface area contributed by atoms with Gasteiger partial charge in [-0.25, -0.2) is 0 Å². The van der Waals surface area contributed by atoms with E-state index in [1.165, 1.54) is 0 Å². The van der Waals surface area contributed by atoms with E-state index in [2.05, 4.69) is 4.98 Å². The Balaban J connectivity index is 2.46. The first-order chi connectivity index (χ1) is 8.59. The van der Waals surface area contributed by atoms with Crippen LogP contribution < -0.4 is 16.2 Å². The molecule has 0 atom stereocenters. The molecule has 92 valence electrons. The summed E-state index contributed by atoms with van der Waals surface area (Å²) in [5.41, 5.74) is 12.4. The van der Waals surface area contributed by atoms with Crippen LogP contribution in [0.2, 0.25) is 0 Å². The highest BCUT2D eigenvalue weighted by molar-refractivity contribution is 5.97. The van der Waals surface area contributed by atoms with E-state index in [0.717, 1.165) is 0 Å². The smallest absolute Gasteiger partial charge is 0.252 e. The molecule has 1 amide bonds. The first-order valence-corrected chi connectivity index (χ1v) is 5.37. The molecule has 0 bridgehead atoms. The molecule has 0 unspecified atom stereocenters. The van der Waals surface area contributed by atoms with Crippen molar-refractivity contribution in [1.82, 2.24) is 4.98 Å². The molecule has 1 aromatic heterocycles. The number of ether oxygens (including phenoxy) is 1. The van der Waals surface area contributed by atoms with Crippen LogP contribution in [-0.2, 0) is 0 Å². The third-order valence-corrected chi connectivity index (χ3v) is 2.48. The maximum absolute atomic E-state index is 11.3. The standard InChI is InChI=1S/C13H13N3O2/c1-8-11(6-3-7-16-8)18-12-9(13(15)17)4-2-5-10(12)14/h2-7H,14H2,1H3,(H2,15,17). The number of aromatic nitrogens is 1. The number of benzene rings is 1. The summed E-state index contributed by atoms with van der Waals surface area (Å²) >= 11 is 0. The minimum absolute atomic E-state index is 0.248. The maximum atomic E-state index is 11.3. The molecule has 0 aliphatic heterocycles. The third-order valence-electron chi connectivity index (χ3n) is 2.48. The molecule has 1 heterocycles. The van der Waals surface area contributed by atoms with Crippen LogP contribution >= 0.6 is 0 Å². The number of aryl methyl sites for hydroxylation is 1. The van der Waals surface area contributed by atoms with Gasteiger partial charge in [-0.15, -0.1) is 0 Å². The fraction of sp³-hybridized carbons (Fsp3) is 0.0769. The molecule has 18 heavy (non-hydrogen) atoms. The molecule has 0 radical (unpaired) electrons. The molecule has 0 saturated carbocycles. The van der Waals surface area contributed by atoms with Crippen molar-refractivity contribution in [2.24, 2.45) is 5.73 Å². The Kier molecular flexibility index (Phi) is 3.14. The SMILES string of the molecule is Cc1ncccc1Oc1c(N)cccc1C(N)=O. The Morgan fingerprint density at radius 2 is 2.06 bits per heavy atom. The van der Waals surface area contributed by atoms with Gasteiger partial charge in [-0.3, -0.25) is 9.78 Å². The number of nitrogens with two attached hydrogens (primary N) is 2. The Bertz CT molecular complexity index is 597. The van der Waals surface area contributed by atoms with Gasteiger partial charge in [0.05, 0.1) is 16.9 Å². The number of nitrogens with zero attached hydrogens (tertiary/aromatic N) is 1. The van der Waals surface area contributed by atoms with Gasteiger partial charge in [-0.2, -0.15) is 0 Å². The zero-order valence-corrected chi connectivity index (χ0v) is 9.88. The summed E-state index contributed by atoms with van der Waals surface area (Å²) in [5.74, 6) is 0.220. The lowest BCUT2D eigenvalue weighted by Crippen LogP contribution is -2.13. The number of carbonyl (C=O) groups is 1. The third kappa shape index (κ3) is 2.24. The normalized spacial score (nSPS) is 10.1. The van der Waals surface area contributed by atoms with Gasteiger partial charge in [0.15, 0.2) is 5.75 Å². The maximum Gasteiger partial charge on any atom is 0.252 e. The quantitative estimate of drug-likeness (QED) is 0.805. The van der Waals surface area contributed by atoms with Crippen LogP contribution in [0.3, 0.4) is 0 Å². The second-order valence-corrected chi connectivity index (χ2v) is 3.78. The summed E-state index contributed by atoms with van der Waals surface area (Å²) in [6.45, 7) is 1.80. The second-order valence-electron chi connectivity index (χ2n) is 3.78. The molecule has 2 rings (SSSR count). The molecule has 5 heteroatoms. The van der Waals surface area contributed by atoms with Gasteiger partial charge < -0.3 is 16.2 Å². The number of para-hydroxylation sites is 1. The van der Waals surface area contributed by atoms with Gasteiger partial charge in [0.2, 0.25) is 0 Å². The number of hydrogen-bond acceptors (Lipinski definition) is 4. The van der Waals surface area contributed by atoms with Crippen molar-refractivity contribution in [2.75, 3.05) is 5.73 Å². The Morgan fingerprint density at radius 1 is 1.28 bits per heavy atom. The molecule has 0 fully saturated rings. The molecule has 4 N–H and O–H groups in total. The van der Waals surface area contributed by atoms with Crippen molar-refractivity contribution in [3.05, 3.63) is 47.8 Å². The summed E-state index contributed by atoms with van der Waals surface area (Å²) in [5, 5.41) is 0. The molecular formula is C13H13N3O2. The number of primary amides is 1. The van der Waals surface area contributed by atoms with E-state index in [4.69, 9.17) is 16.2 Å². The van der Waals surface area contributed by atoms with Gasteiger partial charge in [-0.05, 0) is 31.2 Å². The van der Waals surface area contributed by atoms with Crippen molar-refractivity contribution >= 4 is 11.6 Å². The molecule has 0 spiro atoms. The summed E-state index contributed by atoms with van der Waals surface area (Å²) in [6.07, 6.45) is 1.66. The number of nitrogen functional groups attached to an aromatic ring is 1. The molecule has 5 nitrogen and oxygen atoms in total. The van der Waals surface area contributed by atoms with E-state index in [-0.39, 0.29) is 11.3 Å². The number of carbonyl (C=O) groups excluding carboxylic acids is 1. The second kappa shape index (κ2) is 4.75. The minimum atomic E-state index is -0.584. The highest BCUT2D eigenvalue weighted by Gasteiger charge is 2.14. The number of hydrogen-bond donors (Lipinski definition) is 2. The van der Waals surface area contributed by atoms with Gasteiger partial charge in [-0.1, -0.05) is 6.07 Å². The van der Waals surface area contributed by atoms with Crippen LogP contribution in [0.25, 0.3) is 0 Å². The molecule has 0 aliphatic rings. The van der Waals surface area contributed by atoms with E-state index in [0.29, 0.717) is 17.1 Å². The molecule has 0 saturated heterocycles. The van der Waals surface area contributed by atoms with Crippen LogP contribution in [-0.4, -0.2) is 10.9 Å². The van der Waals surface area contributed by atoms with Gasteiger partial charge in [0, 0.05) is 6.20 Å². The summed E-state index contributed by atoms with van der Waals surface area (Å²) < 4.78 is 5.64. The minimum Gasteiger partial charge on any atom is -0.452 e. The molecule has 2 aromatic rings. The number of rotatable bonds is 3. The summed E-state index contributed by atoms with van der Waals surface area (Å²) in [6, 6.07) is 8.36. The van der Waals surface area contributed by atoms with Crippen molar-refractivity contribution in [1.29, 1.82) is 0 Å². The van der Waals surface area contributed by atoms with E-state index in [9.17, 15) is 4.79 Å². The lowest BCUT2D eigenvalue weighted by Gasteiger charge is -2.12. The van der Waals surface area contributed by atoms with E-state index >= 15 is 0 Å². The van der Waals surface area contributed by atoms with Crippen LogP contribution in [0.5, 0.6) is 11.5 Å². The number of amides is 1. The topological polar surface area (TPSA) is 91.2 Å². The zero-order chi connectivity index (χ0) is 13.1. The van der Waals surface area contributed by atoms with Gasteiger partial charge in [0.25, 0.3) is 5.91 Å². The van der Waals surface area contributed by atoms with Crippen molar-refractivity contribution in [3.8, 4) is 11.5 Å². The average Bonchev–Trinajstić information content (AvgIpc) is 2.34. The Morgan fingerprint density at radius 3 is 2.72 bits per heavy atom. The Hall–Kier alpha value is -2.56. The van der Waals surface area contributed by atoms with Crippen molar-refractivity contribution in [2.45, 2.75) is 6.92 Å². The molecular weight excluding hydrogens is 230 g/mol. The first kappa shape index (κ1) is 11.9. The summed E-state index contributed by atoms with van der Waals surface area (Å²) in [7, 11) is 0. The highest BCUT2D eigenvalue weighted by Crippen LogP contribution is 2.31. The number of anilines is 1. The van der Waals surface area contributed by atoms with Crippen LogP contribution in [0.15, 0.2) is 36.5 Å². The van der Waals surface area contributed by atoms with E-state index < -0.39 is 5.91 Å². The fourth-order valence-electron chi connectivity index (χ4n) is 1.55. The van der Waals surface area contributed by atoms with Gasteiger partial charge in [0.1, 0.15) is 5.75 Å². The molecule has 1 aromatic carbocycles. The monoisotopic (exact) mass is 243 g/mol. The highest BCUT2D eigenvalue weighted by atomic mass is 16.5. The van der Waals surface area contributed by atoms with E-state index in [1.54, 1.807) is 43.5 Å². The van der Waals surface area contributed by atoms with Crippen LogP contribution in [0.4, 0.5) is 5.69 Å². The van der Waals surface area contributed by atoms with Gasteiger partial charge >= 0.3 is 0 Å². The van der Waals surface area contributed by atoms with E-state index in [1.807, 2.05) is 0 Å². The molecule has 0 aliphatic carbocycles. The zero-order valence-electron chi connectivity index (χ0n) is 9.88. The average molecular weight is 243 g/mol. The van der Waals surface area contributed by atoms with Crippen LogP contribution in [0, 0.1) is 6.92 Å². The largest absolute Gasteiger partial charge is 0.452 e. The lowest BCUT2D eigenvalue weighted by molar-refractivity contribution is 0.0998. The predicted molar refractivity (Wildman–Crippen MR) is 68.4 cm³/mol. The first-order valence-electron chi connectivity index (χ1n) is 5.37. The number of pyridine rings is 1. The lowest BCUT2D eigenvalue weighted by atomic mass is 10.1. The van der Waals surface area contributed by atoms with Crippen LogP contribution in [0.1, 0.15) is 16.1 Å².